The topological polar surface area (TPSA) is 28.3 Å². The van der Waals surface area contributed by atoms with Crippen LogP contribution in [0.5, 0.6) is 5.75 Å². The van der Waals surface area contributed by atoms with Crippen LogP contribution in [0.3, 0.4) is 0 Å². The first-order valence-corrected chi connectivity index (χ1v) is 8.06. The van der Waals surface area contributed by atoms with Gasteiger partial charge in [0.15, 0.2) is 0 Å². The van der Waals surface area contributed by atoms with Gasteiger partial charge in [0.25, 0.3) is 0 Å². The Labute approximate surface area is 128 Å². The summed E-state index contributed by atoms with van der Waals surface area (Å²) in [7, 11) is 1.73. The van der Waals surface area contributed by atoms with E-state index in [1.165, 1.54) is 48.0 Å². The highest BCUT2D eigenvalue weighted by molar-refractivity contribution is 5.87. The largest absolute Gasteiger partial charge is 0.497 e. The van der Waals surface area contributed by atoms with Gasteiger partial charge in [-0.05, 0) is 62.5 Å². The molecule has 3 nitrogen and oxygen atoms in total. The molecule has 116 valence electrons. The Balaban J connectivity index is 2.16. The normalized spacial score (nSPS) is 11.5. The van der Waals surface area contributed by atoms with Crippen LogP contribution >= 0.6 is 0 Å². The molecule has 2 aromatic rings. The van der Waals surface area contributed by atoms with E-state index in [4.69, 9.17) is 4.74 Å². The first-order chi connectivity index (χ1) is 10.2. The van der Waals surface area contributed by atoms with Crippen LogP contribution in [0.25, 0.3) is 10.9 Å². The van der Waals surface area contributed by atoms with Crippen molar-refractivity contribution in [2.75, 3.05) is 26.7 Å². The molecule has 0 bridgehead atoms. The number of hydrogen-bond donors (Lipinski definition) is 1. The molecule has 0 spiro atoms. The molecule has 21 heavy (non-hydrogen) atoms. The number of ether oxygens (including phenoxy) is 1. The van der Waals surface area contributed by atoms with Gasteiger partial charge in [0.2, 0.25) is 0 Å². The molecule has 0 aliphatic heterocycles. The molecule has 1 aromatic carbocycles. The van der Waals surface area contributed by atoms with Gasteiger partial charge in [0.05, 0.1) is 7.11 Å². The van der Waals surface area contributed by atoms with E-state index in [-0.39, 0.29) is 0 Å². The number of aromatic amines is 1. The second-order valence-electron chi connectivity index (χ2n) is 5.77. The van der Waals surface area contributed by atoms with E-state index in [0.717, 1.165) is 18.7 Å². The Hall–Kier alpha value is -1.48. The SMILES string of the molecule is CCCN(CCC)CCc1c[nH]c2c(C)cc(OC)cc12. The van der Waals surface area contributed by atoms with Crippen molar-refractivity contribution >= 4 is 10.9 Å². The lowest BCUT2D eigenvalue weighted by Crippen LogP contribution is -2.27. The van der Waals surface area contributed by atoms with Crippen LogP contribution in [0.2, 0.25) is 0 Å². The van der Waals surface area contributed by atoms with Gasteiger partial charge in [-0.3, -0.25) is 0 Å². The van der Waals surface area contributed by atoms with Gasteiger partial charge in [0, 0.05) is 23.6 Å². The molecule has 0 atom stereocenters. The summed E-state index contributed by atoms with van der Waals surface area (Å²) < 4.78 is 5.41. The van der Waals surface area contributed by atoms with Crippen molar-refractivity contribution in [1.82, 2.24) is 9.88 Å². The fourth-order valence-electron chi connectivity index (χ4n) is 3.01. The minimum Gasteiger partial charge on any atom is -0.497 e. The van der Waals surface area contributed by atoms with Gasteiger partial charge in [-0.2, -0.15) is 0 Å². The van der Waals surface area contributed by atoms with Gasteiger partial charge in [-0.25, -0.2) is 0 Å². The predicted octanol–water partition coefficient (Wildman–Crippen LogP) is 4.15. The minimum absolute atomic E-state index is 0.944. The zero-order chi connectivity index (χ0) is 15.2. The number of aryl methyl sites for hydroxylation is 1. The van der Waals surface area contributed by atoms with Crippen LogP contribution in [0, 0.1) is 6.92 Å². The molecule has 2 rings (SSSR count). The van der Waals surface area contributed by atoms with Crippen molar-refractivity contribution in [2.45, 2.75) is 40.0 Å². The summed E-state index contributed by atoms with van der Waals surface area (Å²) in [5.74, 6) is 0.944. The molecule has 3 heteroatoms. The van der Waals surface area contributed by atoms with Crippen molar-refractivity contribution in [3.63, 3.8) is 0 Å². The molecule has 0 radical (unpaired) electrons. The van der Waals surface area contributed by atoms with Gasteiger partial charge in [-0.1, -0.05) is 13.8 Å². The average molecular weight is 288 g/mol. The molecule has 0 aliphatic carbocycles. The molecule has 1 aromatic heterocycles. The maximum atomic E-state index is 5.41. The van der Waals surface area contributed by atoms with Crippen LogP contribution in [-0.2, 0) is 6.42 Å². The quantitative estimate of drug-likeness (QED) is 0.790. The fourth-order valence-corrected chi connectivity index (χ4v) is 3.01. The van der Waals surface area contributed by atoms with E-state index in [0.29, 0.717) is 0 Å². The summed E-state index contributed by atoms with van der Waals surface area (Å²) in [4.78, 5) is 5.98. The Kier molecular flexibility index (Phi) is 5.68. The van der Waals surface area contributed by atoms with Crippen LogP contribution < -0.4 is 4.74 Å². The Morgan fingerprint density at radius 1 is 1.10 bits per heavy atom. The van der Waals surface area contributed by atoms with E-state index in [1.807, 2.05) is 0 Å². The smallest absolute Gasteiger partial charge is 0.119 e. The lowest BCUT2D eigenvalue weighted by atomic mass is 10.1. The number of nitrogens with one attached hydrogen (secondary N) is 1. The molecule has 0 unspecified atom stereocenters. The number of rotatable bonds is 8. The molecular weight excluding hydrogens is 260 g/mol. The third-order valence-corrected chi connectivity index (χ3v) is 4.06. The Morgan fingerprint density at radius 3 is 2.43 bits per heavy atom. The van der Waals surface area contributed by atoms with Gasteiger partial charge in [-0.15, -0.1) is 0 Å². The summed E-state index contributed by atoms with van der Waals surface area (Å²) in [6.45, 7) is 10.2. The Morgan fingerprint density at radius 2 is 1.81 bits per heavy atom. The first kappa shape index (κ1) is 15.9. The maximum Gasteiger partial charge on any atom is 0.119 e. The van der Waals surface area contributed by atoms with Crippen LogP contribution in [0.1, 0.15) is 37.8 Å². The summed E-state index contributed by atoms with van der Waals surface area (Å²) in [5, 5.41) is 1.31. The van der Waals surface area contributed by atoms with E-state index in [9.17, 15) is 0 Å². The van der Waals surface area contributed by atoms with Crippen molar-refractivity contribution in [3.8, 4) is 5.75 Å². The second kappa shape index (κ2) is 7.51. The maximum absolute atomic E-state index is 5.41. The van der Waals surface area contributed by atoms with E-state index >= 15 is 0 Å². The lowest BCUT2D eigenvalue weighted by Gasteiger charge is -2.20. The summed E-state index contributed by atoms with van der Waals surface area (Å²) >= 11 is 0. The zero-order valence-electron chi connectivity index (χ0n) is 13.8. The van der Waals surface area contributed by atoms with Crippen molar-refractivity contribution in [2.24, 2.45) is 0 Å². The monoisotopic (exact) mass is 288 g/mol. The summed E-state index contributed by atoms with van der Waals surface area (Å²) in [6, 6.07) is 4.24. The average Bonchev–Trinajstić information content (AvgIpc) is 2.88. The Bertz CT molecular complexity index is 568. The second-order valence-corrected chi connectivity index (χ2v) is 5.77. The lowest BCUT2D eigenvalue weighted by molar-refractivity contribution is 0.278. The van der Waals surface area contributed by atoms with Crippen LogP contribution in [0.15, 0.2) is 18.3 Å². The number of nitrogens with zero attached hydrogens (tertiary/aromatic N) is 1. The van der Waals surface area contributed by atoms with Crippen molar-refractivity contribution < 1.29 is 4.74 Å². The van der Waals surface area contributed by atoms with Gasteiger partial charge >= 0.3 is 0 Å². The van der Waals surface area contributed by atoms with Crippen LogP contribution in [0.4, 0.5) is 0 Å². The number of benzene rings is 1. The minimum atomic E-state index is 0.944. The fraction of sp³-hybridized carbons (Fsp3) is 0.556. The van der Waals surface area contributed by atoms with Gasteiger partial charge < -0.3 is 14.6 Å². The highest BCUT2D eigenvalue weighted by Crippen LogP contribution is 2.27. The zero-order valence-corrected chi connectivity index (χ0v) is 13.8. The van der Waals surface area contributed by atoms with E-state index < -0.39 is 0 Å². The molecule has 0 amide bonds. The number of aromatic nitrogens is 1. The number of hydrogen-bond acceptors (Lipinski definition) is 2. The third-order valence-electron chi connectivity index (χ3n) is 4.06. The highest BCUT2D eigenvalue weighted by atomic mass is 16.5. The van der Waals surface area contributed by atoms with Gasteiger partial charge in [0.1, 0.15) is 5.75 Å². The molecule has 0 aliphatic rings. The van der Waals surface area contributed by atoms with E-state index in [2.05, 4.69) is 49.0 Å². The standard InChI is InChI=1S/C18H28N2O/c1-5-8-20(9-6-2)10-7-15-13-19-18-14(3)11-16(21-4)12-17(15)18/h11-13,19H,5-10H2,1-4H3. The molecule has 0 fully saturated rings. The first-order valence-electron chi connectivity index (χ1n) is 8.06. The number of methoxy groups -OCH3 is 1. The molecule has 1 heterocycles. The summed E-state index contributed by atoms with van der Waals surface area (Å²) in [6.07, 6.45) is 5.70. The number of fused-ring (bicyclic) bond motifs is 1. The van der Waals surface area contributed by atoms with Crippen molar-refractivity contribution in [1.29, 1.82) is 0 Å². The highest BCUT2D eigenvalue weighted by Gasteiger charge is 2.10. The summed E-state index contributed by atoms with van der Waals surface area (Å²) in [5.41, 5.74) is 3.88. The molecule has 0 saturated heterocycles. The predicted molar refractivity (Wildman–Crippen MR) is 90.3 cm³/mol. The molecule has 0 saturated carbocycles. The van der Waals surface area contributed by atoms with Crippen molar-refractivity contribution in [3.05, 3.63) is 29.5 Å². The number of H-pyrrole nitrogens is 1. The third kappa shape index (κ3) is 3.79. The van der Waals surface area contributed by atoms with E-state index in [1.54, 1.807) is 7.11 Å². The van der Waals surface area contributed by atoms with Crippen LogP contribution in [-0.4, -0.2) is 36.6 Å². The molecular formula is C18H28N2O. The molecule has 1 N–H and O–H groups in total.